The molecule has 1 N–H and O–H groups in total. The van der Waals surface area contributed by atoms with Crippen molar-refractivity contribution in [3.63, 3.8) is 0 Å². The largest absolute Gasteiger partial charge is 0.493 e. The van der Waals surface area contributed by atoms with Gasteiger partial charge in [0.05, 0.1) is 20.8 Å². The number of nitrogens with one attached hydrogen (secondary N) is 1. The lowest BCUT2D eigenvalue weighted by Crippen LogP contribution is -2.26. The van der Waals surface area contributed by atoms with E-state index >= 15 is 0 Å². The Labute approximate surface area is 195 Å². The lowest BCUT2D eigenvalue weighted by molar-refractivity contribution is -0.137. The molecule has 0 spiro atoms. The lowest BCUT2D eigenvalue weighted by atomic mass is 10.1. The van der Waals surface area contributed by atoms with Crippen molar-refractivity contribution in [3.8, 4) is 34.5 Å². The van der Waals surface area contributed by atoms with Gasteiger partial charge in [-0.3, -0.25) is 4.79 Å². The number of hydrogen-bond donors (Lipinski definition) is 1. The first kappa shape index (κ1) is 22.8. The summed E-state index contributed by atoms with van der Waals surface area (Å²) in [4.78, 5) is 24.0. The number of fused-ring (bicyclic) bond motifs is 2. The maximum absolute atomic E-state index is 12.0. The first-order chi connectivity index (χ1) is 16.6. The topological polar surface area (TPSA) is 111 Å². The van der Waals surface area contributed by atoms with E-state index in [1.54, 1.807) is 36.4 Å². The van der Waals surface area contributed by atoms with Crippen LogP contribution in [0.3, 0.4) is 0 Å². The van der Waals surface area contributed by atoms with Gasteiger partial charge in [-0.25, -0.2) is 4.79 Å². The summed E-state index contributed by atoms with van der Waals surface area (Å²) < 4.78 is 37.0. The minimum absolute atomic E-state index is 0.0189. The zero-order valence-electron chi connectivity index (χ0n) is 18.6. The molecule has 2 aliphatic rings. The molecule has 0 radical (unpaired) electrons. The van der Waals surface area contributed by atoms with Crippen LogP contribution in [-0.4, -0.2) is 52.8 Å². The zero-order valence-corrected chi connectivity index (χ0v) is 18.6. The summed E-state index contributed by atoms with van der Waals surface area (Å²) >= 11 is 0. The average molecular weight is 469 g/mol. The number of hydrogen-bond acceptors (Lipinski definition) is 9. The predicted octanol–water partition coefficient (Wildman–Crippen LogP) is 2.55. The summed E-state index contributed by atoms with van der Waals surface area (Å²) in [5.41, 5.74) is 1.41. The molecule has 0 unspecified atom stereocenters. The number of rotatable bonds is 9. The Hall–Kier alpha value is -4.34. The maximum atomic E-state index is 12.0. The number of benzene rings is 2. The number of amides is 1. The smallest absolute Gasteiger partial charge is 0.330 e. The number of ether oxygens (including phenoxy) is 7. The van der Waals surface area contributed by atoms with Crippen LogP contribution in [0.15, 0.2) is 36.4 Å². The van der Waals surface area contributed by atoms with Gasteiger partial charge in [0, 0.05) is 12.2 Å². The summed E-state index contributed by atoms with van der Waals surface area (Å²) in [5.74, 6) is 2.32. The highest BCUT2D eigenvalue weighted by Gasteiger charge is 2.20. The van der Waals surface area contributed by atoms with Gasteiger partial charge in [-0.15, -0.1) is 0 Å². The van der Waals surface area contributed by atoms with Crippen LogP contribution in [0.2, 0.25) is 0 Å². The SMILES string of the molecule is COc1cc(C=CC(=O)NCCOC(=O)C=Cc2cc(OC)c3c(c2)OCO3)cc2c1OCO2. The fourth-order valence-corrected chi connectivity index (χ4v) is 3.26. The van der Waals surface area contributed by atoms with Gasteiger partial charge in [0.2, 0.25) is 31.0 Å². The average Bonchev–Trinajstić information content (AvgIpc) is 3.52. The van der Waals surface area contributed by atoms with Crippen molar-refractivity contribution in [2.45, 2.75) is 0 Å². The molecule has 0 atom stereocenters. The van der Waals surface area contributed by atoms with Crippen molar-refractivity contribution in [3.05, 3.63) is 47.5 Å². The van der Waals surface area contributed by atoms with Crippen molar-refractivity contribution < 1.29 is 42.7 Å². The van der Waals surface area contributed by atoms with Gasteiger partial charge in [-0.05, 0) is 47.5 Å². The molecule has 0 fully saturated rings. The second-order valence-corrected chi connectivity index (χ2v) is 7.04. The first-order valence-electron chi connectivity index (χ1n) is 10.3. The van der Waals surface area contributed by atoms with Crippen LogP contribution in [-0.2, 0) is 14.3 Å². The van der Waals surface area contributed by atoms with Crippen LogP contribution >= 0.6 is 0 Å². The molecule has 10 nitrogen and oxygen atoms in total. The highest BCUT2D eigenvalue weighted by atomic mass is 16.7. The summed E-state index contributed by atoms with van der Waals surface area (Å²) in [5, 5.41) is 2.65. The molecule has 0 saturated heterocycles. The molecule has 34 heavy (non-hydrogen) atoms. The molecule has 2 aliphatic heterocycles. The first-order valence-corrected chi connectivity index (χ1v) is 10.3. The van der Waals surface area contributed by atoms with Crippen molar-refractivity contribution in [1.29, 1.82) is 0 Å². The highest BCUT2D eigenvalue weighted by molar-refractivity contribution is 5.92. The Kier molecular flexibility index (Phi) is 7.07. The van der Waals surface area contributed by atoms with Gasteiger partial charge >= 0.3 is 5.97 Å². The summed E-state index contributed by atoms with van der Waals surface area (Å²) in [6, 6.07) is 6.94. The number of methoxy groups -OCH3 is 2. The third kappa shape index (κ3) is 5.34. The van der Waals surface area contributed by atoms with Gasteiger partial charge in [0.1, 0.15) is 6.61 Å². The fourth-order valence-electron chi connectivity index (χ4n) is 3.26. The normalized spacial score (nSPS) is 13.4. The molecule has 2 aromatic rings. The van der Waals surface area contributed by atoms with E-state index in [1.165, 1.54) is 26.4 Å². The molecule has 178 valence electrons. The summed E-state index contributed by atoms with van der Waals surface area (Å²) in [7, 11) is 3.05. The van der Waals surface area contributed by atoms with Gasteiger partial charge < -0.3 is 38.5 Å². The van der Waals surface area contributed by atoms with Crippen molar-refractivity contribution >= 4 is 24.0 Å². The van der Waals surface area contributed by atoms with E-state index in [2.05, 4.69) is 5.32 Å². The second-order valence-electron chi connectivity index (χ2n) is 7.04. The van der Waals surface area contributed by atoms with Crippen molar-refractivity contribution in [2.24, 2.45) is 0 Å². The van der Waals surface area contributed by atoms with Gasteiger partial charge in [-0.2, -0.15) is 0 Å². The molecule has 0 aliphatic carbocycles. The van der Waals surface area contributed by atoms with E-state index < -0.39 is 5.97 Å². The van der Waals surface area contributed by atoms with E-state index in [0.29, 0.717) is 45.6 Å². The Balaban J connectivity index is 1.22. The quantitative estimate of drug-likeness (QED) is 0.336. The molecule has 0 aromatic heterocycles. The Morgan fingerprint density at radius 2 is 1.41 bits per heavy atom. The molecule has 10 heteroatoms. The zero-order chi connectivity index (χ0) is 23.9. The van der Waals surface area contributed by atoms with E-state index in [9.17, 15) is 9.59 Å². The van der Waals surface area contributed by atoms with Crippen LogP contribution in [0.1, 0.15) is 11.1 Å². The third-order valence-electron chi connectivity index (χ3n) is 4.85. The van der Waals surface area contributed by atoms with E-state index in [4.69, 9.17) is 33.2 Å². The van der Waals surface area contributed by atoms with Crippen LogP contribution < -0.4 is 33.7 Å². The van der Waals surface area contributed by atoms with E-state index in [0.717, 1.165) is 0 Å². The van der Waals surface area contributed by atoms with Gasteiger partial charge in [0.15, 0.2) is 23.0 Å². The van der Waals surface area contributed by atoms with E-state index in [-0.39, 0.29) is 32.6 Å². The molecule has 1 amide bonds. The summed E-state index contributed by atoms with van der Waals surface area (Å²) in [6.45, 7) is 0.418. The van der Waals surface area contributed by atoms with Crippen LogP contribution in [0.25, 0.3) is 12.2 Å². The molecular weight excluding hydrogens is 446 g/mol. The maximum Gasteiger partial charge on any atom is 0.330 e. The lowest BCUT2D eigenvalue weighted by Gasteiger charge is -2.06. The van der Waals surface area contributed by atoms with Crippen LogP contribution in [0.4, 0.5) is 0 Å². The van der Waals surface area contributed by atoms with E-state index in [1.807, 2.05) is 0 Å². The van der Waals surface area contributed by atoms with Crippen LogP contribution in [0, 0.1) is 0 Å². The highest BCUT2D eigenvalue weighted by Crippen LogP contribution is 2.43. The molecule has 2 aromatic carbocycles. The molecular formula is C24H23NO9. The van der Waals surface area contributed by atoms with Gasteiger partial charge in [0.25, 0.3) is 0 Å². The summed E-state index contributed by atoms with van der Waals surface area (Å²) in [6.07, 6.45) is 5.85. The van der Waals surface area contributed by atoms with Crippen molar-refractivity contribution in [1.82, 2.24) is 5.32 Å². The minimum atomic E-state index is -0.547. The van der Waals surface area contributed by atoms with Crippen LogP contribution in [0.5, 0.6) is 34.5 Å². The molecule has 2 heterocycles. The molecule has 0 saturated carbocycles. The predicted molar refractivity (Wildman–Crippen MR) is 120 cm³/mol. The number of carbonyl (C=O) groups excluding carboxylic acids is 2. The second kappa shape index (κ2) is 10.5. The Morgan fingerprint density at radius 1 is 0.853 bits per heavy atom. The fraction of sp³-hybridized carbons (Fsp3) is 0.250. The number of esters is 1. The Morgan fingerprint density at radius 3 is 1.97 bits per heavy atom. The molecule has 4 rings (SSSR count). The molecule has 0 bridgehead atoms. The Bertz CT molecular complexity index is 1050. The van der Waals surface area contributed by atoms with Gasteiger partial charge in [-0.1, -0.05) is 0 Å². The monoisotopic (exact) mass is 469 g/mol. The van der Waals surface area contributed by atoms with Crippen molar-refractivity contribution in [2.75, 3.05) is 41.0 Å². The minimum Gasteiger partial charge on any atom is -0.493 e. The third-order valence-corrected chi connectivity index (χ3v) is 4.85. The number of carbonyl (C=O) groups is 2. The standard InChI is InChI=1S/C24H23NO9/c1-28-17-9-15(11-19-23(17)33-13-31-19)3-5-21(26)25-7-8-30-22(27)6-4-16-10-18(29-2)24-20(12-16)32-14-34-24/h3-6,9-12H,7-8,13-14H2,1-2H3,(H,25,26).